The van der Waals surface area contributed by atoms with E-state index < -0.39 is 0 Å². The number of hydrogen-bond donors (Lipinski definition) is 1. The fraction of sp³-hybridized carbons (Fsp3) is 0.278. The van der Waals surface area contributed by atoms with Crippen LogP contribution in [0.4, 0.5) is 5.69 Å². The lowest BCUT2D eigenvalue weighted by Crippen LogP contribution is -2.12. The van der Waals surface area contributed by atoms with Crippen LogP contribution in [0.15, 0.2) is 39.5 Å². The molecular formula is C18H19N3O4S. The van der Waals surface area contributed by atoms with Crippen molar-refractivity contribution in [2.45, 2.75) is 19.8 Å². The maximum Gasteiger partial charge on any atom is 0.227 e. The number of rotatable bonds is 8. The fourth-order valence-electron chi connectivity index (χ4n) is 2.33. The number of nitrogens with zero attached hydrogens (tertiary/aromatic N) is 2. The van der Waals surface area contributed by atoms with Crippen LogP contribution in [0.5, 0.6) is 11.5 Å². The molecule has 2 heterocycles. The molecule has 0 saturated heterocycles. The number of aromatic nitrogens is 2. The predicted octanol–water partition coefficient (Wildman–Crippen LogP) is 3.78. The first kappa shape index (κ1) is 17.9. The number of methoxy groups -OCH3 is 1. The second-order valence-electron chi connectivity index (χ2n) is 5.37. The van der Waals surface area contributed by atoms with Gasteiger partial charge in [0.25, 0.3) is 0 Å². The summed E-state index contributed by atoms with van der Waals surface area (Å²) >= 11 is 1.57. The molecule has 8 heteroatoms. The molecule has 0 spiro atoms. The van der Waals surface area contributed by atoms with Gasteiger partial charge in [-0.15, -0.1) is 0 Å². The third kappa shape index (κ3) is 4.40. The first-order valence-corrected chi connectivity index (χ1v) is 9.09. The summed E-state index contributed by atoms with van der Waals surface area (Å²) in [6.07, 6.45) is 0.609. The number of amides is 1. The first-order valence-electron chi connectivity index (χ1n) is 8.15. The molecule has 0 bridgehead atoms. The van der Waals surface area contributed by atoms with E-state index in [4.69, 9.17) is 14.0 Å². The van der Waals surface area contributed by atoms with Crippen molar-refractivity contribution in [1.82, 2.24) is 10.1 Å². The number of ether oxygens (including phenoxy) is 2. The molecule has 3 aromatic rings. The van der Waals surface area contributed by atoms with Gasteiger partial charge in [0.05, 0.1) is 13.7 Å². The Hall–Kier alpha value is -2.87. The molecule has 0 radical (unpaired) electrons. The standard InChI is InChI=1S/C18H19N3O4S/c1-3-24-14-5-4-13(10-15(14)23-2)19-16(22)6-7-17-20-18(21-25-17)12-8-9-26-11-12/h4-5,8-11H,3,6-7H2,1-2H3,(H,19,22). The zero-order valence-corrected chi connectivity index (χ0v) is 15.3. The molecule has 1 aromatic carbocycles. The zero-order chi connectivity index (χ0) is 18.4. The van der Waals surface area contributed by atoms with Crippen LogP contribution in [0.25, 0.3) is 11.4 Å². The Balaban J connectivity index is 1.56. The summed E-state index contributed by atoms with van der Waals surface area (Å²) in [5.74, 6) is 2.04. The van der Waals surface area contributed by atoms with Crippen LogP contribution < -0.4 is 14.8 Å². The van der Waals surface area contributed by atoms with Crippen molar-refractivity contribution in [1.29, 1.82) is 0 Å². The van der Waals surface area contributed by atoms with Gasteiger partial charge < -0.3 is 19.3 Å². The highest BCUT2D eigenvalue weighted by molar-refractivity contribution is 7.08. The lowest BCUT2D eigenvalue weighted by atomic mass is 10.2. The van der Waals surface area contributed by atoms with Gasteiger partial charge in [0, 0.05) is 35.5 Å². The summed E-state index contributed by atoms with van der Waals surface area (Å²) in [6, 6.07) is 7.19. The SMILES string of the molecule is CCOc1ccc(NC(=O)CCc2nc(-c3ccsc3)no2)cc1OC. The number of carbonyl (C=O) groups excluding carboxylic acids is 1. The monoisotopic (exact) mass is 373 g/mol. The minimum absolute atomic E-state index is 0.147. The van der Waals surface area contributed by atoms with Crippen LogP contribution in [-0.2, 0) is 11.2 Å². The Bertz CT molecular complexity index is 861. The highest BCUT2D eigenvalue weighted by Crippen LogP contribution is 2.30. The van der Waals surface area contributed by atoms with Gasteiger partial charge in [-0.05, 0) is 30.5 Å². The quantitative estimate of drug-likeness (QED) is 0.647. The second-order valence-corrected chi connectivity index (χ2v) is 6.15. The van der Waals surface area contributed by atoms with E-state index in [1.165, 1.54) is 0 Å². The molecule has 0 fully saturated rings. The van der Waals surface area contributed by atoms with Crippen LogP contribution in [-0.4, -0.2) is 29.8 Å². The first-order chi connectivity index (χ1) is 12.7. The molecular weight excluding hydrogens is 354 g/mol. The van der Waals surface area contributed by atoms with Crippen molar-refractivity contribution in [3.05, 3.63) is 40.9 Å². The van der Waals surface area contributed by atoms with Crippen LogP contribution in [0.2, 0.25) is 0 Å². The zero-order valence-electron chi connectivity index (χ0n) is 14.5. The van der Waals surface area contributed by atoms with E-state index in [-0.39, 0.29) is 12.3 Å². The maximum atomic E-state index is 12.2. The number of aryl methyl sites for hydroxylation is 1. The number of benzene rings is 1. The van der Waals surface area contributed by atoms with Gasteiger partial charge in [-0.3, -0.25) is 4.79 Å². The maximum absolute atomic E-state index is 12.2. The summed E-state index contributed by atoms with van der Waals surface area (Å²) in [7, 11) is 1.56. The van der Waals surface area contributed by atoms with Gasteiger partial charge in [-0.2, -0.15) is 16.3 Å². The molecule has 0 atom stereocenters. The molecule has 26 heavy (non-hydrogen) atoms. The van der Waals surface area contributed by atoms with Gasteiger partial charge in [0.15, 0.2) is 11.5 Å². The third-order valence-corrected chi connectivity index (χ3v) is 4.24. The van der Waals surface area contributed by atoms with Crippen LogP contribution in [0.3, 0.4) is 0 Å². The van der Waals surface area contributed by atoms with Crippen molar-refractivity contribution in [2.75, 3.05) is 19.0 Å². The Kier molecular flexibility index (Phi) is 5.85. The van der Waals surface area contributed by atoms with Gasteiger partial charge in [0.1, 0.15) is 0 Å². The molecule has 7 nitrogen and oxygen atoms in total. The van der Waals surface area contributed by atoms with Crippen molar-refractivity contribution >= 4 is 22.9 Å². The highest BCUT2D eigenvalue weighted by atomic mass is 32.1. The van der Waals surface area contributed by atoms with E-state index in [0.717, 1.165) is 5.56 Å². The molecule has 136 valence electrons. The summed E-state index contributed by atoms with van der Waals surface area (Å²) in [5, 5.41) is 10.7. The molecule has 1 N–H and O–H groups in total. The second kappa shape index (κ2) is 8.48. The minimum atomic E-state index is -0.147. The van der Waals surface area contributed by atoms with Crippen LogP contribution in [0, 0.1) is 0 Å². The van der Waals surface area contributed by atoms with Crippen LogP contribution in [0.1, 0.15) is 19.2 Å². The summed E-state index contributed by atoms with van der Waals surface area (Å²) in [6.45, 7) is 2.44. The minimum Gasteiger partial charge on any atom is -0.493 e. The van der Waals surface area contributed by atoms with Crippen molar-refractivity contribution in [3.63, 3.8) is 0 Å². The molecule has 3 rings (SSSR count). The summed E-state index contributed by atoms with van der Waals surface area (Å²) < 4.78 is 15.9. The Labute approximate surface area is 154 Å². The largest absolute Gasteiger partial charge is 0.493 e. The van der Waals surface area contributed by atoms with E-state index in [1.807, 2.05) is 23.8 Å². The van der Waals surface area contributed by atoms with Gasteiger partial charge in [-0.25, -0.2) is 0 Å². The lowest BCUT2D eigenvalue weighted by molar-refractivity contribution is -0.116. The fourth-order valence-corrected chi connectivity index (χ4v) is 2.96. The van der Waals surface area contributed by atoms with Gasteiger partial charge >= 0.3 is 0 Å². The molecule has 1 amide bonds. The van der Waals surface area contributed by atoms with E-state index in [1.54, 1.807) is 36.6 Å². The van der Waals surface area contributed by atoms with Crippen molar-refractivity contribution in [2.24, 2.45) is 0 Å². The average molecular weight is 373 g/mol. The number of anilines is 1. The summed E-state index contributed by atoms with van der Waals surface area (Å²) in [5.41, 5.74) is 1.55. The summed E-state index contributed by atoms with van der Waals surface area (Å²) in [4.78, 5) is 16.5. The third-order valence-electron chi connectivity index (χ3n) is 3.56. The normalized spacial score (nSPS) is 10.5. The van der Waals surface area contributed by atoms with Crippen LogP contribution >= 0.6 is 11.3 Å². The Morgan fingerprint density at radius 2 is 2.19 bits per heavy atom. The van der Waals surface area contributed by atoms with Gasteiger partial charge in [0.2, 0.25) is 17.6 Å². The van der Waals surface area contributed by atoms with E-state index in [2.05, 4.69) is 15.5 Å². The van der Waals surface area contributed by atoms with E-state index in [9.17, 15) is 4.79 Å². The molecule has 2 aromatic heterocycles. The number of hydrogen-bond acceptors (Lipinski definition) is 7. The highest BCUT2D eigenvalue weighted by Gasteiger charge is 2.12. The van der Waals surface area contributed by atoms with Crippen molar-refractivity contribution < 1.29 is 18.8 Å². The number of nitrogens with one attached hydrogen (secondary N) is 1. The average Bonchev–Trinajstić information content (AvgIpc) is 3.33. The molecule has 0 unspecified atom stereocenters. The topological polar surface area (TPSA) is 86.5 Å². The molecule has 0 saturated carbocycles. The Morgan fingerprint density at radius 1 is 1.31 bits per heavy atom. The molecule has 0 aliphatic carbocycles. The van der Waals surface area contributed by atoms with E-state index in [0.29, 0.717) is 41.9 Å². The smallest absolute Gasteiger partial charge is 0.227 e. The van der Waals surface area contributed by atoms with E-state index >= 15 is 0 Å². The predicted molar refractivity (Wildman–Crippen MR) is 98.7 cm³/mol. The molecule has 0 aliphatic heterocycles. The number of thiophene rings is 1. The van der Waals surface area contributed by atoms with Crippen molar-refractivity contribution in [3.8, 4) is 22.9 Å². The lowest BCUT2D eigenvalue weighted by Gasteiger charge is -2.11. The molecule has 0 aliphatic rings. The van der Waals surface area contributed by atoms with Gasteiger partial charge in [-0.1, -0.05) is 5.16 Å². The Morgan fingerprint density at radius 3 is 2.92 bits per heavy atom. The number of carbonyl (C=O) groups is 1.